The molecule has 1 aromatic carbocycles. The molecule has 0 aliphatic heterocycles. The molecule has 0 saturated heterocycles. The minimum Gasteiger partial charge on any atom is -0.345 e. The number of amides is 2. The van der Waals surface area contributed by atoms with Crippen molar-refractivity contribution in [3.8, 4) is 0 Å². The first-order valence-electron chi connectivity index (χ1n) is 7.84. The molecule has 1 rings (SSSR count). The van der Waals surface area contributed by atoms with Crippen LogP contribution < -0.4 is 5.32 Å². The van der Waals surface area contributed by atoms with E-state index < -0.39 is 0 Å². The first-order valence-corrected chi connectivity index (χ1v) is 7.84. The third-order valence-electron chi connectivity index (χ3n) is 4.13. The number of hydrogen-bond donors (Lipinski definition) is 1. The average Bonchev–Trinajstić information content (AvgIpc) is 2.45. The third kappa shape index (κ3) is 5.67. The van der Waals surface area contributed by atoms with Gasteiger partial charge in [-0.25, -0.2) is 0 Å². The summed E-state index contributed by atoms with van der Waals surface area (Å²) in [5.41, 5.74) is 1.41. The molecule has 23 heavy (non-hydrogen) atoms. The molecule has 0 saturated carbocycles. The lowest BCUT2D eigenvalue weighted by Gasteiger charge is -2.34. The highest BCUT2D eigenvalue weighted by molar-refractivity contribution is 5.96. The molecule has 0 aliphatic carbocycles. The SMILES string of the molecule is CC(N(C)CC(=O)Nc1ccc(C(=O)N(C)C)cc1)C(C)(C)C. The molecule has 0 aliphatic rings. The van der Waals surface area contributed by atoms with Gasteiger partial charge in [0.1, 0.15) is 0 Å². The van der Waals surface area contributed by atoms with E-state index in [-0.39, 0.29) is 23.3 Å². The molecule has 0 spiro atoms. The number of nitrogens with one attached hydrogen (secondary N) is 1. The van der Waals surface area contributed by atoms with Gasteiger partial charge in [0.25, 0.3) is 5.91 Å². The van der Waals surface area contributed by atoms with Crippen molar-refractivity contribution >= 4 is 17.5 Å². The number of hydrogen-bond acceptors (Lipinski definition) is 3. The first-order chi connectivity index (χ1) is 10.5. The summed E-state index contributed by atoms with van der Waals surface area (Å²) in [5, 5.41) is 2.87. The van der Waals surface area contributed by atoms with Crippen LogP contribution in [0, 0.1) is 5.41 Å². The fourth-order valence-electron chi connectivity index (χ4n) is 2.18. The molecule has 2 amide bonds. The molecule has 0 fully saturated rings. The quantitative estimate of drug-likeness (QED) is 0.908. The molecule has 5 nitrogen and oxygen atoms in total. The van der Waals surface area contributed by atoms with Crippen molar-refractivity contribution in [1.29, 1.82) is 0 Å². The van der Waals surface area contributed by atoms with E-state index >= 15 is 0 Å². The van der Waals surface area contributed by atoms with Crippen molar-refractivity contribution in [1.82, 2.24) is 9.80 Å². The molecule has 1 atom stereocenters. The summed E-state index contributed by atoms with van der Waals surface area (Å²) >= 11 is 0. The Balaban J connectivity index is 2.63. The summed E-state index contributed by atoms with van der Waals surface area (Å²) < 4.78 is 0. The molecule has 5 heteroatoms. The number of benzene rings is 1. The lowest BCUT2D eigenvalue weighted by molar-refractivity contribution is -0.117. The van der Waals surface area contributed by atoms with Crippen LogP contribution in [0.15, 0.2) is 24.3 Å². The number of carbonyl (C=O) groups is 2. The predicted octanol–water partition coefficient (Wildman–Crippen LogP) is 2.69. The second-order valence-corrected chi connectivity index (χ2v) is 7.28. The van der Waals surface area contributed by atoms with Gasteiger partial charge in [-0.1, -0.05) is 20.8 Å². The van der Waals surface area contributed by atoms with Crippen LogP contribution in [-0.2, 0) is 4.79 Å². The average molecular weight is 319 g/mol. The Labute approximate surface area is 139 Å². The van der Waals surface area contributed by atoms with Crippen molar-refractivity contribution in [3.05, 3.63) is 29.8 Å². The Kier molecular flexibility index (Phi) is 6.33. The Morgan fingerprint density at radius 3 is 2.04 bits per heavy atom. The maximum Gasteiger partial charge on any atom is 0.253 e. The topological polar surface area (TPSA) is 52.7 Å². The van der Waals surface area contributed by atoms with Crippen LogP contribution in [0.5, 0.6) is 0 Å². The monoisotopic (exact) mass is 319 g/mol. The van der Waals surface area contributed by atoms with Gasteiger partial charge in [0.2, 0.25) is 5.91 Å². The highest BCUT2D eigenvalue weighted by Gasteiger charge is 2.25. The van der Waals surface area contributed by atoms with Crippen LogP contribution >= 0.6 is 0 Å². The molecule has 1 aromatic rings. The number of likely N-dealkylation sites (N-methyl/N-ethyl adjacent to an activating group) is 1. The van der Waals surface area contributed by atoms with E-state index in [1.807, 2.05) is 11.9 Å². The van der Waals surface area contributed by atoms with Gasteiger partial charge in [-0.2, -0.15) is 0 Å². The Bertz CT molecular complexity index is 544. The Morgan fingerprint density at radius 1 is 1.09 bits per heavy atom. The summed E-state index contributed by atoms with van der Waals surface area (Å²) in [6.45, 7) is 8.93. The summed E-state index contributed by atoms with van der Waals surface area (Å²) in [5.74, 6) is -0.114. The molecule has 1 N–H and O–H groups in total. The minimum absolute atomic E-state index is 0.0541. The zero-order chi connectivity index (χ0) is 17.8. The maximum absolute atomic E-state index is 12.2. The Hall–Kier alpha value is -1.88. The second kappa shape index (κ2) is 7.59. The predicted molar refractivity (Wildman–Crippen MR) is 94.6 cm³/mol. The van der Waals surface area contributed by atoms with Crippen LogP contribution in [-0.4, -0.2) is 55.3 Å². The third-order valence-corrected chi connectivity index (χ3v) is 4.13. The van der Waals surface area contributed by atoms with Gasteiger partial charge in [-0.15, -0.1) is 0 Å². The van der Waals surface area contributed by atoms with E-state index in [1.54, 1.807) is 38.4 Å². The van der Waals surface area contributed by atoms with Gasteiger partial charge in [-0.3, -0.25) is 14.5 Å². The van der Waals surface area contributed by atoms with Crippen molar-refractivity contribution in [3.63, 3.8) is 0 Å². The zero-order valence-electron chi connectivity index (χ0n) is 15.3. The van der Waals surface area contributed by atoms with Crippen molar-refractivity contribution in [2.75, 3.05) is 33.0 Å². The van der Waals surface area contributed by atoms with Crippen molar-refractivity contribution in [2.24, 2.45) is 5.41 Å². The van der Waals surface area contributed by atoms with Crippen LogP contribution in [0.3, 0.4) is 0 Å². The van der Waals surface area contributed by atoms with Gasteiger partial charge in [0.15, 0.2) is 0 Å². The summed E-state index contributed by atoms with van der Waals surface area (Å²) in [7, 11) is 5.38. The normalized spacial score (nSPS) is 12.9. The van der Waals surface area contributed by atoms with Gasteiger partial charge in [0.05, 0.1) is 6.54 Å². The van der Waals surface area contributed by atoms with Crippen LogP contribution in [0.2, 0.25) is 0 Å². The standard InChI is InChI=1S/C18H29N3O2/c1-13(18(2,3)4)21(7)12-16(22)19-15-10-8-14(9-11-15)17(23)20(5)6/h8-11,13H,12H2,1-7H3,(H,19,22). The van der Waals surface area contributed by atoms with Gasteiger partial charge in [0, 0.05) is 31.4 Å². The highest BCUT2D eigenvalue weighted by atomic mass is 16.2. The van der Waals surface area contributed by atoms with Crippen LogP contribution in [0.25, 0.3) is 0 Å². The zero-order valence-corrected chi connectivity index (χ0v) is 15.3. The molecular weight excluding hydrogens is 290 g/mol. The summed E-state index contributed by atoms with van der Waals surface area (Å²) in [6.07, 6.45) is 0. The minimum atomic E-state index is -0.0599. The maximum atomic E-state index is 12.2. The van der Waals surface area contributed by atoms with Crippen molar-refractivity contribution < 1.29 is 9.59 Å². The fourth-order valence-corrected chi connectivity index (χ4v) is 2.18. The molecule has 128 valence electrons. The molecule has 0 heterocycles. The first kappa shape index (κ1) is 19.2. The Morgan fingerprint density at radius 2 is 1.61 bits per heavy atom. The van der Waals surface area contributed by atoms with E-state index in [9.17, 15) is 9.59 Å². The van der Waals surface area contributed by atoms with Crippen LogP contribution in [0.1, 0.15) is 38.1 Å². The van der Waals surface area contributed by atoms with E-state index in [4.69, 9.17) is 0 Å². The fraction of sp³-hybridized carbons (Fsp3) is 0.556. The van der Waals surface area contributed by atoms with Gasteiger partial charge < -0.3 is 10.2 Å². The van der Waals surface area contributed by atoms with Gasteiger partial charge in [-0.05, 0) is 43.7 Å². The lowest BCUT2D eigenvalue weighted by atomic mass is 9.87. The molecule has 0 bridgehead atoms. The molecule has 0 radical (unpaired) electrons. The van der Waals surface area contributed by atoms with Gasteiger partial charge >= 0.3 is 0 Å². The smallest absolute Gasteiger partial charge is 0.253 e. The molecule has 0 aromatic heterocycles. The molecule has 1 unspecified atom stereocenters. The number of carbonyl (C=O) groups excluding carboxylic acids is 2. The number of anilines is 1. The molecular formula is C18H29N3O2. The van der Waals surface area contributed by atoms with Crippen LogP contribution in [0.4, 0.5) is 5.69 Å². The lowest BCUT2D eigenvalue weighted by Crippen LogP contribution is -2.43. The second-order valence-electron chi connectivity index (χ2n) is 7.28. The summed E-state index contributed by atoms with van der Waals surface area (Å²) in [4.78, 5) is 27.5. The van der Waals surface area contributed by atoms with E-state index in [0.29, 0.717) is 17.8 Å². The van der Waals surface area contributed by atoms with E-state index in [1.165, 1.54) is 4.90 Å². The van der Waals surface area contributed by atoms with E-state index in [0.717, 1.165) is 0 Å². The van der Waals surface area contributed by atoms with E-state index in [2.05, 4.69) is 33.0 Å². The van der Waals surface area contributed by atoms with Crippen molar-refractivity contribution in [2.45, 2.75) is 33.7 Å². The number of rotatable bonds is 5. The largest absolute Gasteiger partial charge is 0.345 e. The summed E-state index contributed by atoms with van der Waals surface area (Å²) in [6, 6.07) is 7.23. The highest BCUT2D eigenvalue weighted by Crippen LogP contribution is 2.22. The number of nitrogens with zero attached hydrogens (tertiary/aromatic N) is 2.